The molecule has 0 bridgehead atoms. The molecule has 0 spiro atoms. The van der Waals surface area contributed by atoms with Gasteiger partial charge in [0.25, 0.3) is 0 Å². The van der Waals surface area contributed by atoms with Gasteiger partial charge in [0.2, 0.25) is 0 Å². The first-order valence-electron chi connectivity index (χ1n) is 4.07. The van der Waals surface area contributed by atoms with E-state index in [4.69, 9.17) is 5.73 Å². The van der Waals surface area contributed by atoms with E-state index in [0.29, 0.717) is 6.07 Å². The van der Waals surface area contributed by atoms with Crippen LogP contribution in [-0.4, -0.2) is 6.18 Å². The number of hydrogen-bond acceptors (Lipinski definition) is 1. The predicted molar refractivity (Wildman–Crippen MR) is 44.0 cm³/mol. The third-order valence-electron chi connectivity index (χ3n) is 1.81. The third kappa shape index (κ3) is 3.47. The Morgan fingerprint density at radius 2 is 1.80 bits per heavy atom. The Kier molecular flexibility index (Phi) is 3.28. The van der Waals surface area contributed by atoms with Crippen molar-refractivity contribution in [3.05, 3.63) is 35.4 Å². The van der Waals surface area contributed by atoms with Crippen molar-refractivity contribution in [2.75, 3.05) is 0 Å². The molecule has 0 heterocycles. The van der Waals surface area contributed by atoms with Crippen LogP contribution in [0.25, 0.3) is 0 Å². The summed E-state index contributed by atoms with van der Waals surface area (Å²) >= 11 is 0. The second-order valence-electron chi connectivity index (χ2n) is 3.09. The van der Waals surface area contributed by atoms with Crippen LogP contribution in [0.3, 0.4) is 0 Å². The summed E-state index contributed by atoms with van der Waals surface area (Å²) in [5.74, 6) is -1.91. The van der Waals surface area contributed by atoms with Gasteiger partial charge in [0.05, 0.1) is 6.42 Å². The van der Waals surface area contributed by atoms with Crippen LogP contribution >= 0.6 is 0 Å². The Morgan fingerprint density at radius 3 is 2.27 bits per heavy atom. The summed E-state index contributed by atoms with van der Waals surface area (Å²) in [4.78, 5) is 0. The molecule has 2 N–H and O–H groups in total. The molecule has 1 aromatic carbocycles. The van der Waals surface area contributed by atoms with Gasteiger partial charge in [0.15, 0.2) is 0 Å². The number of alkyl halides is 3. The van der Waals surface area contributed by atoms with Crippen LogP contribution in [0.2, 0.25) is 0 Å². The van der Waals surface area contributed by atoms with Crippen molar-refractivity contribution < 1.29 is 22.0 Å². The normalized spacial score (nSPS) is 14.0. The highest BCUT2D eigenvalue weighted by atomic mass is 19.4. The summed E-state index contributed by atoms with van der Waals surface area (Å²) in [5.41, 5.74) is 4.81. The summed E-state index contributed by atoms with van der Waals surface area (Å²) in [6.07, 6.45) is -5.81. The molecule has 84 valence electrons. The van der Waals surface area contributed by atoms with Crippen molar-refractivity contribution in [3.63, 3.8) is 0 Å². The lowest BCUT2D eigenvalue weighted by Crippen LogP contribution is -2.21. The van der Waals surface area contributed by atoms with Crippen LogP contribution in [0, 0.1) is 11.6 Å². The number of nitrogens with two attached hydrogens (primary N) is 1. The molecule has 0 saturated carbocycles. The summed E-state index contributed by atoms with van der Waals surface area (Å²) < 4.78 is 61.2. The van der Waals surface area contributed by atoms with E-state index >= 15 is 0 Å². The van der Waals surface area contributed by atoms with E-state index in [2.05, 4.69) is 0 Å². The maximum Gasteiger partial charge on any atom is 0.390 e. The van der Waals surface area contributed by atoms with Gasteiger partial charge in [-0.05, 0) is 6.07 Å². The van der Waals surface area contributed by atoms with Gasteiger partial charge in [-0.25, -0.2) is 8.78 Å². The number of hydrogen-bond donors (Lipinski definition) is 1. The van der Waals surface area contributed by atoms with E-state index in [1.165, 1.54) is 0 Å². The standard InChI is InChI=1S/C9H8F5N/c10-5-1-2-6(7(11)3-5)8(15)4-9(12,13)14/h1-3,8H,4,15H2/t8-/m0/s1. The summed E-state index contributed by atoms with van der Waals surface area (Å²) in [7, 11) is 0. The molecule has 0 radical (unpaired) electrons. The van der Waals surface area contributed by atoms with Crippen molar-refractivity contribution in [2.24, 2.45) is 5.73 Å². The summed E-state index contributed by atoms with van der Waals surface area (Å²) in [6, 6.07) is 0.784. The van der Waals surface area contributed by atoms with E-state index < -0.39 is 30.3 Å². The molecule has 15 heavy (non-hydrogen) atoms. The molecule has 0 aliphatic heterocycles. The second kappa shape index (κ2) is 4.14. The SMILES string of the molecule is N[C@@H](CC(F)(F)F)c1ccc(F)cc1F. The van der Waals surface area contributed by atoms with Crippen LogP contribution in [0.5, 0.6) is 0 Å². The number of benzene rings is 1. The molecule has 0 aromatic heterocycles. The number of rotatable bonds is 2. The minimum absolute atomic E-state index is 0.339. The van der Waals surface area contributed by atoms with E-state index in [1.807, 2.05) is 0 Å². The molecule has 0 aliphatic carbocycles. The zero-order valence-corrected chi connectivity index (χ0v) is 7.48. The van der Waals surface area contributed by atoms with E-state index in [1.54, 1.807) is 0 Å². The average Bonchev–Trinajstić information content (AvgIpc) is 1.99. The van der Waals surface area contributed by atoms with E-state index in [-0.39, 0.29) is 5.56 Å². The molecule has 0 fully saturated rings. The van der Waals surface area contributed by atoms with E-state index in [9.17, 15) is 22.0 Å². The van der Waals surface area contributed by atoms with Crippen molar-refractivity contribution in [2.45, 2.75) is 18.6 Å². The first kappa shape index (κ1) is 11.9. The molecule has 0 saturated heterocycles. The lowest BCUT2D eigenvalue weighted by atomic mass is 10.0. The molecule has 6 heteroatoms. The minimum atomic E-state index is -4.47. The maximum atomic E-state index is 13.0. The van der Waals surface area contributed by atoms with Crippen LogP contribution in [0.4, 0.5) is 22.0 Å². The van der Waals surface area contributed by atoms with Gasteiger partial charge in [-0.2, -0.15) is 13.2 Å². The smallest absolute Gasteiger partial charge is 0.324 e. The van der Waals surface area contributed by atoms with Gasteiger partial charge in [0, 0.05) is 17.7 Å². The van der Waals surface area contributed by atoms with Crippen molar-refractivity contribution in [3.8, 4) is 0 Å². The molecular weight excluding hydrogens is 217 g/mol. The highest BCUT2D eigenvalue weighted by Crippen LogP contribution is 2.29. The van der Waals surface area contributed by atoms with Crippen LogP contribution < -0.4 is 5.73 Å². The predicted octanol–water partition coefficient (Wildman–Crippen LogP) is 2.92. The van der Waals surface area contributed by atoms with Crippen LogP contribution in [0.1, 0.15) is 18.0 Å². The average molecular weight is 225 g/mol. The fraction of sp³-hybridized carbons (Fsp3) is 0.333. The van der Waals surface area contributed by atoms with Gasteiger partial charge in [-0.1, -0.05) is 6.07 Å². The fourth-order valence-corrected chi connectivity index (χ4v) is 1.16. The molecule has 1 nitrogen and oxygen atoms in total. The quantitative estimate of drug-likeness (QED) is 0.769. The van der Waals surface area contributed by atoms with Crippen molar-refractivity contribution >= 4 is 0 Å². The zero-order valence-electron chi connectivity index (χ0n) is 7.48. The molecule has 1 rings (SSSR count). The van der Waals surface area contributed by atoms with Gasteiger partial charge < -0.3 is 5.73 Å². The fourth-order valence-electron chi connectivity index (χ4n) is 1.16. The minimum Gasteiger partial charge on any atom is -0.324 e. The first-order chi connectivity index (χ1) is 6.79. The number of halogens is 5. The first-order valence-corrected chi connectivity index (χ1v) is 4.07. The largest absolute Gasteiger partial charge is 0.390 e. The Labute approximate surface area is 82.7 Å². The molecular formula is C9H8F5N. The Bertz CT molecular complexity index is 347. The molecule has 0 amide bonds. The molecule has 1 aromatic rings. The molecule has 0 unspecified atom stereocenters. The van der Waals surface area contributed by atoms with Crippen LogP contribution in [-0.2, 0) is 0 Å². The van der Waals surface area contributed by atoms with E-state index in [0.717, 1.165) is 12.1 Å². The zero-order chi connectivity index (χ0) is 11.6. The Hall–Kier alpha value is -1.17. The summed E-state index contributed by atoms with van der Waals surface area (Å²) in [5, 5.41) is 0. The lowest BCUT2D eigenvalue weighted by molar-refractivity contribution is -0.138. The highest BCUT2D eigenvalue weighted by Gasteiger charge is 2.31. The summed E-state index contributed by atoms with van der Waals surface area (Å²) in [6.45, 7) is 0. The third-order valence-corrected chi connectivity index (χ3v) is 1.81. The van der Waals surface area contributed by atoms with Gasteiger partial charge in [-0.15, -0.1) is 0 Å². The topological polar surface area (TPSA) is 26.0 Å². The second-order valence-corrected chi connectivity index (χ2v) is 3.09. The van der Waals surface area contributed by atoms with Crippen molar-refractivity contribution in [1.29, 1.82) is 0 Å². The van der Waals surface area contributed by atoms with Gasteiger partial charge in [0.1, 0.15) is 11.6 Å². The van der Waals surface area contributed by atoms with Crippen LogP contribution in [0.15, 0.2) is 18.2 Å². The monoisotopic (exact) mass is 225 g/mol. The Balaban J connectivity index is 2.87. The molecule has 0 aliphatic rings. The van der Waals surface area contributed by atoms with Gasteiger partial charge in [-0.3, -0.25) is 0 Å². The Morgan fingerprint density at radius 1 is 1.20 bits per heavy atom. The highest BCUT2D eigenvalue weighted by molar-refractivity contribution is 5.21. The van der Waals surface area contributed by atoms with Crippen molar-refractivity contribution in [1.82, 2.24) is 0 Å². The lowest BCUT2D eigenvalue weighted by Gasteiger charge is -2.14. The van der Waals surface area contributed by atoms with Gasteiger partial charge >= 0.3 is 6.18 Å². The molecule has 1 atom stereocenters. The maximum absolute atomic E-state index is 13.0.